The lowest BCUT2D eigenvalue weighted by Crippen LogP contribution is -2.45. The first-order valence-corrected chi connectivity index (χ1v) is 13.4. The summed E-state index contributed by atoms with van der Waals surface area (Å²) in [6, 6.07) is 18.8. The molecule has 3 atom stereocenters. The number of hydrogen-bond donors (Lipinski definition) is 2. The van der Waals surface area contributed by atoms with E-state index in [4.69, 9.17) is 4.99 Å². The van der Waals surface area contributed by atoms with Crippen LogP contribution in [0.3, 0.4) is 0 Å². The van der Waals surface area contributed by atoms with Crippen LogP contribution in [0.15, 0.2) is 59.7 Å². The van der Waals surface area contributed by atoms with Crippen LogP contribution >= 0.6 is 0 Å². The molecule has 1 saturated heterocycles. The third kappa shape index (κ3) is 4.29. The van der Waals surface area contributed by atoms with E-state index in [-0.39, 0.29) is 5.92 Å². The predicted molar refractivity (Wildman–Crippen MR) is 144 cm³/mol. The molecule has 0 radical (unpaired) electrons. The summed E-state index contributed by atoms with van der Waals surface area (Å²) in [6.45, 7) is 2.34. The molecule has 7 nitrogen and oxygen atoms in total. The van der Waals surface area contributed by atoms with E-state index >= 15 is 0 Å². The molecule has 37 heavy (non-hydrogen) atoms. The molecule has 1 aliphatic carbocycles. The Labute approximate surface area is 217 Å². The quantitative estimate of drug-likeness (QED) is 0.540. The first-order chi connectivity index (χ1) is 18.1. The number of aromatic nitrogens is 1. The minimum atomic E-state index is -0.540. The van der Waals surface area contributed by atoms with Crippen molar-refractivity contribution in [2.75, 3.05) is 18.2 Å². The molecule has 3 aromatic rings. The van der Waals surface area contributed by atoms with Crippen molar-refractivity contribution in [2.45, 2.75) is 62.8 Å². The fraction of sp³-hybridized carbons (Fsp3) is 0.433. The largest absolute Gasteiger partial charge is 0.393 e. The highest BCUT2D eigenvalue weighted by atomic mass is 16.5. The molecule has 190 valence electrons. The van der Waals surface area contributed by atoms with E-state index in [1.165, 1.54) is 5.06 Å². The van der Waals surface area contributed by atoms with Gasteiger partial charge >= 0.3 is 0 Å². The lowest BCUT2D eigenvalue weighted by atomic mass is 9.76. The minimum absolute atomic E-state index is 0.0779. The molecule has 2 fully saturated rings. The molecule has 1 unspecified atom stereocenters. The van der Waals surface area contributed by atoms with Crippen LogP contribution in [0.25, 0.3) is 10.8 Å². The van der Waals surface area contributed by atoms with E-state index < -0.39 is 17.7 Å². The van der Waals surface area contributed by atoms with Crippen molar-refractivity contribution in [3.63, 3.8) is 0 Å². The van der Waals surface area contributed by atoms with Gasteiger partial charge in [0.05, 0.1) is 23.6 Å². The molecule has 2 aliphatic heterocycles. The van der Waals surface area contributed by atoms with Gasteiger partial charge in [-0.3, -0.25) is 20.1 Å². The Morgan fingerprint density at radius 2 is 1.78 bits per heavy atom. The second kappa shape index (κ2) is 9.86. The molecule has 2 aromatic carbocycles. The number of rotatable bonds is 4. The fourth-order valence-corrected chi connectivity index (χ4v) is 6.45. The lowest BCUT2D eigenvalue weighted by Gasteiger charge is -2.39. The average Bonchev–Trinajstić information content (AvgIpc) is 2.95. The molecule has 0 bridgehead atoms. The number of pyridine rings is 1. The van der Waals surface area contributed by atoms with Gasteiger partial charge < -0.3 is 5.11 Å². The Balaban J connectivity index is 1.28. The molecule has 2 N–H and O–H groups in total. The second-order valence-electron chi connectivity index (χ2n) is 10.8. The molecule has 1 aromatic heterocycles. The molecule has 3 heterocycles. The zero-order chi connectivity index (χ0) is 25.4. The van der Waals surface area contributed by atoms with Crippen molar-refractivity contribution >= 4 is 22.7 Å². The van der Waals surface area contributed by atoms with Crippen LogP contribution in [0.1, 0.15) is 55.3 Å². The lowest BCUT2D eigenvalue weighted by molar-refractivity contribution is 0.0353. The normalized spacial score (nSPS) is 25.5. The number of anilines is 1. The van der Waals surface area contributed by atoms with Crippen molar-refractivity contribution in [2.24, 2.45) is 10.9 Å². The number of piperidine rings is 1. The predicted octanol–water partition coefficient (Wildman–Crippen LogP) is 4.80. The first kappa shape index (κ1) is 24.1. The maximum Gasteiger partial charge on any atom is 0.151 e. The summed E-state index contributed by atoms with van der Waals surface area (Å²) in [5.74, 6) is -0.0779. The van der Waals surface area contributed by atoms with E-state index in [1.807, 2.05) is 36.5 Å². The number of benzene rings is 2. The van der Waals surface area contributed by atoms with Crippen LogP contribution < -0.4 is 5.06 Å². The van der Waals surface area contributed by atoms with E-state index in [2.05, 4.69) is 34.2 Å². The van der Waals surface area contributed by atoms with Gasteiger partial charge in [-0.05, 0) is 60.2 Å². The number of likely N-dealkylation sites (tertiary alicyclic amines) is 1. The van der Waals surface area contributed by atoms with Crippen molar-refractivity contribution in [3.8, 4) is 6.07 Å². The van der Waals surface area contributed by atoms with Gasteiger partial charge in [0.25, 0.3) is 0 Å². The Bertz CT molecular complexity index is 1340. The molecule has 1 saturated carbocycles. The smallest absolute Gasteiger partial charge is 0.151 e. The summed E-state index contributed by atoms with van der Waals surface area (Å²) < 4.78 is 0. The second-order valence-corrected chi connectivity index (χ2v) is 10.8. The highest BCUT2D eigenvalue weighted by Gasteiger charge is 2.39. The van der Waals surface area contributed by atoms with Gasteiger partial charge in [-0.15, -0.1) is 0 Å². The summed E-state index contributed by atoms with van der Waals surface area (Å²) in [5.41, 5.74) is 3.14. The summed E-state index contributed by atoms with van der Waals surface area (Å²) >= 11 is 0. The Hall–Kier alpha value is -3.31. The zero-order valence-corrected chi connectivity index (χ0v) is 21.0. The molecular formula is C30H33N5O2. The fourth-order valence-electron chi connectivity index (χ4n) is 6.45. The van der Waals surface area contributed by atoms with Crippen LogP contribution in [0, 0.1) is 17.2 Å². The van der Waals surface area contributed by atoms with E-state index in [0.29, 0.717) is 0 Å². The Morgan fingerprint density at radius 3 is 2.51 bits per heavy atom. The third-order valence-electron chi connectivity index (χ3n) is 8.64. The summed E-state index contributed by atoms with van der Waals surface area (Å²) in [4.78, 5) is 11.6. The van der Waals surface area contributed by atoms with E-state index in [9.17, 15) is 15.6 Å². The minimum Gasteiger partial charge on any atom is -0.393 e. The van der Waals surface area contributed by atoms with Gasteiger partial charge in [-0.25, -0.2) is 5.06 Å². The number of aliphatic imine (C=N–C) groups is 1. The van der Waals surface area contributed by atoms with Crippen molar-refractivity contribution in [1.82, 2.24) is 9.88 Å². The average molecular weight is 496 g/mol. The first-order valence-electron chi connectivity index (χ1n) is 13.4. The van der Waals surface area contributed by atoms with Crippen LogP contribution in [-0.4, -0.2) is 51.8 Å². The summed E-state index contributed by atoms with van der Waals surface area (Å²) in [5, 5.41) is 35.6. The third-order valence-corrected chi connectivity index (χ3v) is 8.64. The molecule has 0 spiro atoms. The van der Waals surface area contributed by atoms with Gasteiger partial charge in [0.1, 0.15) is 5.41 Å². The van der Waals surface area contributed by atoms with Crippen LogP contribution in [0.5, 0.6) is 0 Å². The standard InChI is InChI=1S/C30H33N5O2/c31-20-30(28-11-5-6-14-32-28)12-15-34(16-13-30)19-21-17-26-25(23-8-2-1-7-22(21)23)18-33-29(35(26)37)24-9-3-4-10-27(24)36/h1-2,5-8,11,14,17-18,24,27,29,36-37H,3-4,9-10,12-13,15-16,19H2/t24-,27+,29?/m1/s1. The van der Waals surface area contributed by atoms with Crippen molar-refractivity contribution in [1.29, 1.82) is 5.26 Å². The van der Waals surface area contributed by atoms with Crippen LogP contribution in [0.4, 0.5) is 5.69 Å². The molecule has 0 amide bonds. The van der Waals surface area contributed by atoms with Crippen molar-refractivity contribution < 1.29 is 10.3 Å². The summed E-state index contributed by atoms with van der Waals surface area (Å²) in [6.07, 6.45) is 7.91. The Kier molecular flexibility index (Phi) is 6.41. The van der Waals surface area contributed by atoms with E-state index in [1.54, 1.807) is 6.20 Å². The topological polar surface area (TPSA) is 96.0 Å². The van der Waals surface area contributed by atoms with Gasteiger partial charge in [-0.1, -0.05) is 43.2 Å². The highest BCUT2D eigenvalue weighted by molar-refractivity contribution is 6.07. The number of aliphatic hydroxyl groups is 1. The number of hydrogen-bond acceptors (Lipinski definition) is 7. The molecular weight excluding hydrogens is 462 g/mol. The van der Waals surface area contributed by atoms with Gasteiger partial charge in [0.15, 0.2) is 6.17 Å². The molecule has 3 aliphatic rings. The number of aliphatic hydroxyl groups excluding tert-OH is 1. The van der Waals surface area contributed by atoms with Gasteiger partial charge in [0, 0.05) is 43.5 Å². The SMILES string of the molecule is N#CC1(c2ccccn2)CCN(Cc2cc3c(c4ccccc24)C=NC([C@@H]2CCCC[C@@H]2O)N3O)CC1. The maximum atomic E-state index is 11.4. The van der Waals surface area contributed by atoms with E-state index in [0.717, 1.165) is 91.4 Å². The van der Waals surface area contributed by atoms with Gasteiger partial charge in [0.2, 0.25) is 0 Å². The highest BCUT2D eigenvalue weighted by Crippen LogP contribution is 2.40. The summed E-state index contributed by atoms with van der Waals surface area (Å²) in [7, 11) is 0. The number of nitriles is 1. The van der Waals surface area contributed by atoms with Crippen molar-refractivity contribution in [3.05, 3.63) is 71.5 Å². The van der Waals surface area contributed by atoms with Gasteiger partial charge in [-0.2, -0.15) is 5.26 Å². The molecule has 7 heteroatoms. The zero-order valence-electron chi connectivity index (χ0n) is 21.0. The van der Waals surface area contributed by atoms with Crippen LogP contribution in [0.2, 0.25) is 0 Å². The Morgan fingerprint density at radius 1 is 1.03 bits per heavy atom. The monoisotopic (exact) mass is 495 g/mol. The van der Waals surface area contributed by atoms with Crippen LogP contribution in [-0.2, 0) is 12.0 Å². The maximum absolute atomic E-state index is 11.4. The number of fused-ring (bicyclic) bond motifs is 3. The molecule has 6 rings (SSSR count). The number of hydroxylamine groups is 1. The number of nitrogens with zero attached hydrogens (tertiary/aromatic N) is 5.